The summed E-state index contributed by atoms with van der Waals surface area (Å²) in [6, 6.07) is 14.6. The second-order valence-electron chi connectivity index (χ2n) is 6.71. The molecular weight excluding hydrogens is 432 g/mol. The van der Waals surface area contributed by atoms with E-state index in [1.807, 2.05) is 38.1 Å². The molecule has 4 aromatic rings. The molecule has 31 heavy (non-hydrogen) atoms. The third kappa shape index (κ3) is 4.86. The summed E-state index contributed by atoms with van der Waals surface area (Å²) in [5.41, 5.74) is 2.15. The predicted octanol–water partition coefficient (Wildman–Crippen LogP) is 4.08. The number of fused-ring (bicyclic) bond motifs is 1. The first-order chi connectivity index (χ1) is 15.0. The maximum atomic E-state index is 12.5. The number of anilines is 1. The number of rotatable bonds is 6. The van der Waals surface area contributed by atoms with Gasteiger partial charge in [-0.3, -0.25) is 10.1 Å². The topological polar surface area (TPSA) is 93.4 Å². The van der Waals surface area contributed by atoms with E-state index in [0.29, 0.717) is 12.2 Å². The number of aryl methyl sites for hydroxylation is 1. The molecule has 2 N–H and O–H groups in total. The molecule has 0 aliphatic heterocycles. The summed E-state index contributed by atoms with van der Waals surface area (Å²) >= 11 is 6.76. The second kappa shape index (κ2) is 9.19. The molecule has 0 fully saturated rings. The Labute approximate surface area is 188 Å². The zero-order valence-corrected chi connectivity index (χ0v) is 18.6. The van der Waals surface area contributed by atoms with Gasteiger partial charge in [-0.05, 0) is 62.0 Å². The van der Waals surface area contributed by atoms with Crippen molar-refractivity contribution in [1.82, 2.24) is 25.1 Å². The number of nitrogens with zero attached hydrogens (tertiary/aromatic N) is 4. The molecule has 2 heterocycles. The van der Waals surface area contributed by atoms with Crippen LogP contribution in [0.25, 0.3) is 15.5 Å². The van der Waals surface area contributed by atoms with E-state index in [2.05, 4.69) is 25.9 Å². The molecule has 4 rings (SSSR count). The molecule has 8 nitrogen and oxygen atoms in total. The van der Waals surface area contributed by atoms with Crippen molar-refractivity contribution in [2.75, 3.05) is 11.9 Å². The van der Waals surface area contributed by atoms with Gasteiger partial charge >= 0.3 is 0 Å². The number of hydrogen-bond acceptors (Lipinski definition) is 7. The highest BCUT2D eigenvalue weighted by atomic mass is 32.1. The summed E-state index contributed by atoms with van der Waals surface area (Å²) in [5.74, 6) is 1.18. The van der Waals surface area contributed by atoms with Gasteiger partial charge in [0.1, 0.15) is 10.8 Å². The minimum Gasteiger partial charge on any atom is -0.494 e. The summed E-state index contributed by atoms with van der Waals surface area (Å²) in [6.45, 7) is 4.54. The Kier molecular flexibility index (Phi) is 6.19. The minimum absolute atomic E-state index is 0.211. The summed E-state index contributed by atoms with van der Waals surface area (Å²) in [7, 11) is 0. The maximum Gasteiger partial charge on any atom is 0.257 e. The Bertz CT molecular complexity index is 1230. The molecule has 0 spiro atoms. The van der Waals surface area contributed by atoms with Gasteiger partial charge in [0.15, 0.2) is 10.9 Å². The van der Waals surface area contributed by atoms with E-state index in [9.17, 15) is 4.79 Å². The Balaban J connectivity index is 1.40. The van der Waals surface area contributed by atoms with Crippen LogP contribution >= 0.6 is 23.6 Å². The Morgan fingerprint density at radius 3 is 2.74 bits per heavy atom. The fraction of sp³-hybridized carbons (Fsp3) is 0.190. The van der Waals surface area contributed by atoms with Crippen LogP contribution < -0.4 is 15.4 Å². The molecule has 1 amide bonds. The predicted molar refractivity (Wildman–Crippen MR) is 125 cm³/mol. The Morgan fingerprint density at radius 1 is 1.19 bits per heavy atom. The monoisotopic (exact) mass is 452 g/mol. The van der Waals surface area contributed by atoms with E-state index < -0.39 is 0 Å². The molecule has 0 saturated carbocycles. The van der Waals surface area contributed by atoms with Crippen molar-refractivity contribution < 1.29 is 9.53 Å². The second-order valence-corrected chi connectivity index (χ2v) is 8.07. The zero-order chi connectivity index (χ0) is 21.8. The van der Waals surface area contributed by atoms with Crippen LogP contribution in [-0.2, 0) is 0 Å². The highest BCUT2D eigenvalue weighted by molar-refractivity contribution is 7.80. The Morgan fingerprint density at radius 2 is 2.00 bits per heavy atom. The van der Waals surface area contributed by atoms with Gasteiger partial charge in [0.2, 0.25) is 4.96 Å². The first-order valence-electron chi connectivity index (χ1n) is 9.68. The van der Waals surface area contributed by atoms with Crippen molar-refractivity contribution in [3.8, 4) is 16.3 Å². The third-order valence-corrected chi connectivity index (χ3v) is 5.48. The van der Waals surface area contributed by atoms with E-state index >= 15 is 0 Å². The van der Waals surface area contributed by atoms with Crippen molar-refractivity contribution in [2.45, 2.75) is 20.3 Å². The number of thiocarbonyl (C=S) groups is 1. The van der Waals surface area contributed by atoms with E-state index in [4.69, 9.17) is 17.0 Å². The lowest BCUT2D eigenvalue weighted by atomic mass is 10.2. The molecule has 0 unspecified atom stereocenters. The van der Waals surface area contributed by atoms with Crippen molar-refractivity contribution >= 4 is 45.2 Å². The molecule has 158 valence electrons. The lowest BCUT2D eigenvalue weighted by molar-refractivity contribution is 0.0977. The smallest absolute Gasteiger partial charge is 0.257 e. The minimum atomic E-state index is -0.292. The molecule has 0 atom stereocenters. The third-order valence-electron chi connectivity index (χ3n) is 4.33. The van der Waals surface area contributed by atoms with Crippen molar-refractivity contribution in [3.05, 3.63) is 59.9 Å². The van der Waals surface area contributed by atoms with Crippen molar-refractivity contribution in [3.63, 3.8) is 0 Å². The zero-order valence-electron chi connectivity index (χ0n) is 17.0. The number of hydrogen-bond donors (Lipinski definition) is 2. The van der Waals surface area contributed by atoms with Crippen molar-refractivity contribution in [1.29, 1.82) is 0 Å². The highest BCUT2D eigenvalue weighted by Crippen LogP contribution is 2.27. The van der Waals surface area contributed by atoms with E-state index in [0.717, 1.165) is 39.2 Å². The average molecular weight is 453 g/mol. The van der Waals surface area contributed by atoms with Gasteiger partial charge in [-0.1, -0.05) is 30.4 Å². The van der Waals surface area contributed by atoms with Gasteiger partial charge < -0.3 is 10.1 Å². The first kappa shape index (κ1) is 20.9. The summed E-state index contributed by atoms with van der Waals surface area (Å²) in [6.07, 6.45) is 0.927. The molecular formula is C21H20N6O2S2. The summed E-state index contributed by atoms with van der Waals surface area (Å²) in [5, 5.41) is 19.4. The molecule has 0 radical (unpaired) electrons. The largest absolute Gasteiger partial charge is 0.494 e. The van der Waals surface area contributed by atoms with E-state index in [1.165, 1.54) is 11.3 Å². The number of aromatic nitrogens is 4. The number of nitrogens with one attached hydrogen (secondary N) is 2. The fourth-order valence-corrected chi connectivity index (χ4v) is 3.91. The fourth-order valence-electron chi connectivity index (χ4n) is 2.82. The SMILES string of the molecule is CCCOc1ccc(C(=O)NC(=S)Nc2cccc(-c3nn4c(C)nnc4s3)c2)cc1. The van der Waals surface area contributed by atoms with Crippen LogP contribution in [0.3, 0.4) is 0 Å². The first-order valence-corrected chi connectivity index (χ1v) is 10.9. The van der Waals surface area contributed by atoms with Crippen molar-refractivity contribution in [2.24, 2.45) is 0 Å². The van der Waals surface area contributed by atoms with Gasteiger partial charge in [0.25, 0.3) is 5.91 Å². The molecule has 0 aliphatic carbocycles. The standard InChI is InChI=1S/C21H20N6O2S2/c1-3-11-29-17-9-7-14(8-10-17)18(28)23-20(30)22-16-6-4-5-15(12-16)19-26-27-13(2)24-25-21(27)31-19/h4-10,12H,3,11H2,1-2H3,(H2,22,23,28,30). The molecule has 10 heteroatoms. The quantitative estimate of drug-likeness (QED) is 0.426. The van der Waals surface area contributed by atoms with Gasteiger partial charge in [-0.15, -0.1) is 10.2 Å². The van der Waals surface area contributed by atoms with Gasteiger partial charge in [0.05, 0.1) is 6.61 Å². The number of carbonyl (C=O) groups excluding carboxylic acids is 1. The maximum absolute atomic E-state index is 12.5. The molecule has 0 bridgehead atoms. The van der Waals surface area contributed by atoms with E-state index in [-0.39, 0.29) is 11.0 Å². The van der Waals surface area contributed by atoms with Crippen LogP contribution in [0, 0.1) is 6.92 Å². The van der Waals surface area contributed by atoms with Crippen LogP contribution in [-0.4, -0.2) is 37.4 Å². The molecule has 0 saturated heterocycles. The number of carbonyl (C=O) groups is 1. The summed E-state index contributed by atoms with van der Waals surface area (Å²) in [4.78, 5) is 13.2. The number of ether oxygens (including phenoxy) is 1. The van der Waals surface area contributed by atoms with Gasteiger partial charge in [-0.2, -0.15) is 9.61 Å². The number of benzene rings is 2. The summed E-state index contributed by atoms with van der Waals surface area (Å²) < 4.78 is 7.25. The van der Waals surface area contributed by atoms with Crippen LogP contribution in [0.2, 0.25) is 0 Å². The molecule has 0 aliphatic rings. The number of amides is 1. The average Bonchev–Trinajstić information content (AvgIpc) is 3.35. The molecule has 2 aromatic carbocycles. The van der Waals surface area contributed by atoms with Gasteiger partial charge in [0, 0.05) is 16.8 Å². The highest BCUT2D eigenvalue weighted by Gasteiger charge is 2.12. The van der Waals surface area contributed by atoms with Crippen LogP contribution in [0.4, 0.5) is 5.69 Å². The lowest BCUT2D eigenvalue weighted by Crippen LogP contribution is -2.34. The van der Waals surface area contributed by atoms with E-state index in [1.54, 1.807) is 28.8 Å². The van der Waals surface area contributed by atoms with Gasteiger partial charge in [-0.25, -0.2) is 0 Å². The van der Waals surface area contributed by atoms with Crippen LogP contribution in [0.5, 0.6) is 5.75 Å². The van der Waals surface area contributed by atoms with Crippen LogP contribution in [0.1, 0.15) is 29.5 Å². The normalized spacial score (nSPS) is 10.8. The lowest BCUT2D eigenvalue weighted by Gasteiger charge is -2.11. The Hall–Kier alpha value is -3.37. The molecule has 2 aromatic heterocycles. The van der Waals surface area contributed by atoms with Crippen LogP contribution in [0.15, 0.2) is 48.5 Å².